The Morgan fingerprint density at radius 2 is 1.40 bits per heavy atom. The number of rotatable bonds is 15. The fourth-order valence-electron chi connectivity index (χ4n) is 5.24. The number of nitrogens with one attached hydrogen (secondary N) is 1. The van der Waals surface area contributed by atoms with Crippen LogP contribution in [0.2, 0.25) is 0 Å². The number of carbonyl (C=O) groups excluding carboxylic acids is 2. The molecule has 0 unspecified atom stereocenters. The molecule has 4 aromatic rings. The molecule has 1 atom stereocenters. The number of hydrogen-bond donors (Lipinski definition) is 1. The van der Waals surface area contributed by atoms with Crippen LogP contribution in [-0.2, 0) is 39.0 Å². The highest BCUT2D eigenvalue weighted by Gasteiger charge is 2.35. The molecule has 0 radical (unpaired) electrons. The number of hydrogen-bond acceptors (Lipinski definition) is 4. The van der Waals surface area contributed by atoms with Gasteiger partial charge in [-0.15, -0.1) is 0 Å². The van der Waals surface area contributed by atoms with Gasteiger partial charge in [0.2, 0.25) is 11.8 Å². The van der Waals surface area contributed by atoms with Gasteiger partial charge in [-0.3, -0.25) is 13.9 Å². The van der Waals surface area contributed by atoms with Gasteiger partial charge in [0.15, 0.2) is 0 Å². The molecule has 0 aliphatic heterocycles. The molecule has 0 spiro atoms. The standard InChI is InChI=1S/C37H43N3O4S/c1-4-6-25-38-37(42)35(26-30-15-9-7-10-16-30)39(27-31-23-21-29(3)22-24-31)36(41)28-40(34-20-14-13-17-32(34)5-2)45(43,44)33-18-11-8-12-19-33/h7-24,35H,4-6,25-28H2,1-3H3,(H,38,42)/t35-/m0/s1. The van der Waals surface area contributed by atoms with Crippen molar-refractivity contribution in [3.8, 4) is 0 Å². The van der Waals surface area contributed by atoms with E-state index in [9.17, 15) is 18.0 Å². The van der Waals surface area contributed by atoms with Crippen molar-refractivity contribution < 1.29 is 18.0 Å². The zero-order chi connectivity index (χ0) is 32.2. The third kappa shape index (κ3) is 8.82. The molecule has 0 aromatic heterocycles. The Labute approximate surface area is 268 Å². The topological polar surface area (TPSA) is 86.8 Å². The van der Waals surface area contributed by atoms with Crippen LogP contribution < -0.4 is 9.62 Å². The molecule has 7 nitrogen and oxygen atoms in total. The molecule has 8 heteroatoms. The molecule has 45 heavy (non-hydrogen) atoms. The van der Waals surface area contributed by atoms with E-state index in [1.165, 1.54) is 16.4 Å². The van der Waals surface area contributed by atoms with Crippen LogP contribution >= 0.6 is 0 Å². The maximum Gasteiger partial charge on any atom is 0.264 e. The molecule has 236 valence electrons. The van der Waals surface area contributed by atoms with E-state index in [0.717, 1.165) is 35.1 Å². The molecule has 4 rings (SSSR count). The molecule has 0 heterocycles. The summed E-state index contributed by atoms with van der Waals surface area (Å²) in [6.45, 7) is 6.17. The third-order valence-electron chi connectivity index (χ3n) is 7.83. The van der Waals surface area contributed by atoms with E-state index in [1.54, 1.807) is 35.2 Å². The van der Waals surface area contributed by atoms with Gasteiger partial charge >= 0.3 is 0 Å². The highest BCUT2D eigenvalue weighted by molar-refractivity contribution is 7.92. The van der Waals surface area contributed by atoms with Gasteiger partial charge in [-0.1, -0.05) is 117 Å². The Morgan fingerprint density at radius 1 is 0.778 bits per heavy atom. The summed E-state index contributed by atoms with van der Waals surface area (Å²) in [4.78, 5) is 30.1. The van der Waals surface area contributed by atoms with Gasteiger partial charge in [0.25, 0.3) is 10.0 Å². The SMILES string of the molecule is CCCCNC(=O)[C@H](Cc1ccccc1)N(Cc1ccc(C)cc1)C(=O)CN(c1ccccc1CC)S(=O)(=O)c1ccccc1. The van der Waals surface area contributed by atoms with Crippen LogP contribution in [0.25, 0.3) is 0 Å². The summed E-state index contributed by atoms with van der Waals surface area (Å²) in [5.41, 5.74) is 4.07. The van der Waals surface area contributed by atoms with Crippen LogP contribution in [0.5, 0.6) is 0 Å². The first kappa shape index (κ1) is 33.5. The molecular weight excluding hydrogens is 582 g/mol. The van der Waals surface area contributed by atoms with E-state index < -0.39 is 28.5 Å². The molecule has 0 bridgehead atoms. The summed E-state index contributed by atoms with van der Waals surface area (Å²) < 4.78 is 29.6. The number of anilines is 1. The van der Waals surface area contributed by atoms with Crippen LogP contribution in [0.3, 0.4) is 0 Å². The Balaban J connectivity index is 1.80. The van der Waals surface area contributed by atoms with Gasteiger partial charge in [-0.05, 0) is 54.7 Å². The number of carbonyl (C=O) groups is 2. The van der Waals surface area contributed by atoms with Gasteiger partial charge in [0.1, 0.15) is 12.6 Å². The van der Waals surface area contributed by atoms with Crippen LogP contribution in [0.15, 0.2) is 114 Å². The Hall–Kier alpha value is -4.43. The van der Waals surface area contributed by atoms with E-state index in [2.05, 4.69) is 12.2 Å². The van der Waals surface area contributed by atoms with E-state index in [4.69, 9.17) is 0 Å². The molecule has 2 amide bonds. The van der Waals surface area contributed by atoms with Gasteiger partial charge in [-0.25, -0.2) is 8.42 Å². The predicted octanol–water partition coefficient (Wildman–Crippen LogP) is 6.31. The lowest BCUT2D eigenvalue weighted by Crippen LogP contribution is -2.53. The first-order valence-corrected chi connectivity index (χ1v) is 17.0. The number of unbranched alkanes of at least 4 members (excludes halogenated alkanes) is 1. The van der Waals surface area contributed by atoms with Crippen LogP contribution in [0.4, 0.5) is 5.69 Å². The van der Waals surface area contributed by atoms with Crippen LogP contribution in [-0.4, -0.2) is 44.3 Å². The molecule has 0 aliphatic rings. The van der Waals surface area contributed by atoms with Crippen molar-refractivity contribution >= 4 is 27.5 Å². The first-order chi connectivity index (χ1) is 21.7. The summed E-state index contributed by atoms with van der Waals surface area (Å²) in [6.07, 6.45) is 2.59. The monoisotopic (exact) mass is 625 g/mol. The van der Waals surface area contributed by atoms with Gasteiger partial charge < -0.3 is 10.2 Å². The number of amides is 2. The Morgan fingerprint density at radius 3 is 2.04 bits per heavy atom. The van der Waals surface area contributed by atoms with Crippen molar-refractivity contribution in [2.75, 3.05) is 17.4 Å². The highest BCUT2D eigenvalue weighted by atomic mass is 32.2. The molecule has 0 saturated heterocycles. The minimum Gasteiger partial charge on any atom is -0.354 e. The normalized spacial score (nSPS) is 11.9. The summed E-state index contributed by atoms with van der Waals surface area (Å²) in [5.74, 6) is -0.730. The molecule has 0 saturated carbocycles. The summed E-state index contributed by atoms with van der Waals surface area (Å²) in [5, 5.41) is 3.03. The van der Waals surface area contributed by atoms with E-state index in [1.807, 2.05) is 80.6 Å². The lowest BCUT2D eigenvalue weighted by Gasteiger charge is -2.34. The number of sulfonamides is 1. The van der Waals surface area contributed by atoms with Crippen molar-refractivity contribution in [3.05, 3.63) is 131 Å². The zero-order valence-electron chi connectivity index (χ0n) is 26.4. The second-order valence-electron chi connectivity index (χ2n) is 11.2. The third-order valence-corrected chi connectivity index (χ3v) is 9.60. The van der Waals surface area contributed by atoms with Crippen LogP contribution in [0, 0.1) is 6.92 Å². The van der Waals surface area contributed by atoms with Gasteiger partial charge in [0.05, 0.1) is 10.6 Å². The van der Waals surface area contributed by atoms with Crippen molar-refractivity contribution in [2.24, 2.45) is 0 Å². The largest absolute Gasteiger partial charge is 0.354 e. The highest BCUT2D eigenvalue weighted by Crippen LogP contribution is 2.28. The number of para-hydroxylation sites is 1. The smallest absolute Gasteiger partial charge is 0.264 e. The Bertz CT molecular complexity index is 1640. The minimum atomic E-state index is -4.13. The lowest BCUT2D eigenvalue weighted by atomic mass is 10.0. The van der Waals surface area contributed by atoms with Gasteiger partial charge in [0, 0.05) is 19.5 Å². The first-order valence-electron chi connectivity index (χ1n) is 15.6. The lowest BCUT2D eigenvalue weighted by molar-refractivity contribution is -0.140. The molecule has 0 fully saturated rings. The number of nitrogens with zero attached hydrogens (tertiary/aromatic N) is 2. The zero-order valence-corrected chi connectivity index (χ0v) is 27.2. The Kier molecular flexibility index (Phi) is 11.9. The second kappa shape index (κ2) is 16.0. The fraction of sp³-hybridized carbons (Fsp3) is 0.297. The van der Waals surface area contributed by atoms with Crippen molar-refractivity contribution in [1.29, 1.82) is 0 Å². The van der Waals surface area contributed by atoms with Crippen molar-refractivity contribution in [3.63, 3.8) is 0 Å². The summed E-state index contributed by atoms with van der Waals surface area (Å²) in [7, 11) is -4.13. The van der Waals surface area contributed by atoms with E-state index >= 15 is 0 Å². The van der Waals surface area contributed by atoms with Crippen molar-refractivity contribution in [1.82, 2.24) is 10.2 Å². The minimum absolute atomic E-state index is 0.0898. The van der Waals surface area contributed by atoms with Gasteiger partial charge in [-0.2, -0.15) is 0 Å². The van der Waals surface area contributed by atoms with Crippen molar-refractivity contribution in [2.45, 2.75) is 63.9 Å². The molecule has 4 aromatic carbocycles. The second-order valence-corrected chi connectivity index (χ2v) is 13.0. The molecule has 0 aliphatic carbocycles. The van der Waals surface area contributed by atoms with E-state index in [0.29, 0.717) is 18.7 Å². The summed E-state index contributed by atoms with van der Waals surface area (Å²) >= 11 is 0. The number of aryl methyl sites for hydroxylation is 2. The fourth-order valence-corrected chi connectivity index (χ4v) is 6.71. The average Bonchev–Trinajstić information content (AvgIpc) is 3.06. The number of benzene rings is 4. The quantitative estimate of drug-likeness (QED) is 0.157. The summed E-state index contributed by atoms with van der Waals surface area (Å²) in [6, 6.07) is 31.9. The maximum absolute atomic E-state index is 14.6. The van der Waals surface area contributed by atoms with E-state index in [-0.39, 0.29) is 23.8 Å². The molecule has 1 N–H and O–H groups in total. The maximum atomic E-state index is 14.6. The molecular formula is C37H43N3O4S. The predicted molar refractivity (Wildman–Crippen MR) is 180 cm³/mol. The average molecular weight is 626 g/mol. The van der Waals surface area contributed by atoms with Crippen LogP contribution in [0.1, 0.15) is 48.9 Å².